The Kier molecular flexibility index (Phi) is 3.84. The van der Waals surface area contributed by atoms with Crippen LogP contribution >= 0.6 is 0 Å². The minimum absolute atomic E-state index is 0.0630. The van der Waals surface area contributed by atoms with E-state index in [0.717, 1.165) is 24.6 Å². The zero-order valence-electron chi connectivity index (χ0n) is 11.0. The van der Waals surface area contributed by atoms with Gasteiger partial charge in [-0.05, 0) is 39.7 Å². The van der Waals surface area contributed by atoms with Gasteiger partial charge in [0.15, 0.2) is 5.89 Å². The van der Waals surface area contributed by atoms with Crippen LogP contribution in [0.3, 0.4) is 0 Å². The van der Waals surface area contributed by atoms with Gasteiger partial charge in [-0.3, -0.25) is 0 Å². The van der Waals surface area contributed by atoms with Crippen molar-refractivity contribution in [1.29, 1.82) is 0 Å². The van der Waals surface area contributed by atoms with Gasteiger partial charge in [0.2, 0.25) is 0 Å². The number of oxazole rings is 1. The third-order valence-electron chi connectivity index (χ3n) is 3.53. The van der Waals surface area contributed by atoms with Crippen molar-refractivity contribution in [2.24, 2.45) is 11.7 Å². The molecule has 1 aromatic heterocycles. The molecule has 2 atom stereocenters. The van der Waals surface area contributed by atoms with Gasteiger partial charge in [0, 0.05) is 19.0 Å². The summed E-state index contributed by atoms with van der Waals surface area (Å²) in [6.45, 7) is 8.78. The molecule has 2 N–H and O–H groups in total. The van der Waals surface area contributed by atoms with Crippen molar-refractivity contribution in [1.82, 2.24) is 9.88 Å². The van der Waals surface area contributed by atoms with Gasteiger partial charge >= 0.3 is 0 Å². The highest BCUT2D eigenvalue weighted by molar-refractivity contribution is 4.99. The molecule has 1 aromatic rings. The van der Waals surface area contributed by atoms with Crippen LogP contribution < -0.4 is 5.73 Å². The molecular weight excluding hydrogens is 214 g/mol. The molecule has 0 aromatic carbocycles. The molecule has 0 amide bonds. The van der Waals surface area contributed by atoms with Crippen LogP contribution in [0.2, 0.25) is 0 Å². The Bertz CT molecular complexity index is 359. The second-order valence-electron chi connectivity index (χ2n) is 5.39. The summed E-state index contributed by atoms with van der Waals surface area (Å²) in [5, 5.41) is 0. The maximum absolute atomic E-state index is 5.76. The molecule has 2 unspecified atom stereocenters. The van der Waals surface area contributed by atoms with E-state index >= 15 is 0 Å². The number of likely N-dealkylation sites (tertiary alicyclic amines) is 1. The monoisotopic (exact) mass is 237 g/mol. The van der Waals surface area contributed by atoms with Crippen molar-refractivity contribution in [2.45, 2.75) is 45.7 Å². The van der Waals surface area contributed by atoms with E-state index in [-0.39, 0.29) is 6.04 Å². The Hall–Kier alpha value is -0.870. The zero-order valence-corrected chi connectivity index (χ0v) is 11.0. The summed E-state index contributed by atoms with van der Waals surface area (Å²) in [5.74, 6) is 2.31. The van der Waals surface area contributed by atoms with Gasteiger partial charge in [-0.1, -0.05) is 0 Å². The zero-order chi connectivity index (χ0) is 12.4. The molecule has 17 heavy (non-hydrogen) atoms. The Balaban J connectivity index is 1.89. The molecule has 96 valence electrons. The van der Waals surface area contributed by atoms with Crippen LogP contribution in [-0.4, -0.2) is 29.0 Å². The Labute approximate surface area is 103 Å². The van der Waals surface area contributed by atoms with Crippen molar-refractivity contribution in [3.05, 3.63) is 17.8 Å². The van der Waals surface area contributed by atoms with Crippen molar-refractivity contribution in [3.63, 3.8) is 0 Å². The van der Waals surface area contributed by atoms with Crippen LogP contribution in [0.5, 0.6) is 0 Å². The fraction of sp³-hybridized carbons (Fsp3) is 0.769. The quantitative estimate of drug-likeness (QED) is 0.870. The Morgan fingerprint density at radius 2 is 2.29 bits per heavy atom. The minimum atomic E-state index is -0.0630. The van der Waals surface area contributed by atoms with E-state index in [0.29, 0.717) is 12.0 Å². The van der Waals surface area contributed by atoms with Gasteiger partial charge in [0.25, 0.3) is 0 Å². The maximum atomic E-state index is 5.76. The fourth-order valence-electron chi connectivity index (χ4n) is 2.37. The lowest BCUT2D eigenvalue weighted by atomic mass is 10.1. The van der Waals surface area contributed by atoms with E-state index in [1.807, 2.05) is 6.92 Å². The standard InChI is InChI=1S/C13H23N3O/c1-9(2)16-5-4-11(8-16)6-13-15-7-12(17-13)10(3)14/h7,9-11H,4-6,8,14H2,1-3H3. The maximum Gasteiger partial charge on any atom is 0.194 e. The lowest BCUT2D eigenvalue weighted by Crippen LogP contribution is -2.28. The van der Waals surface area contributed by atoms with Crippen molar-refractivity contribution < 1.29 is 4.42 Å². The lowest BCUT2D eigenvalue weighted by Gasteiger charge is -2.19. The molecule has 1 saturated heterocycles. The van der Waals surface area contributed by atoms with E-state index in [1.54, 1.807) is 6.20 Å². The number of aromatic nitrogens is 1. The average Bonchev–Trinajstić information content (AvgIpc) is 2.87. The molecule has 1 aliphatic rings. The van der Waals surface area contributed by atoms with Gasteiger partial charge < -0.3 is 15.1 Å². The predicted octanol–water partition coefficient (Wildman–Crippen LogP) is 1.97. The smallest absolute Gasteiger partial charge is 0.194 e. The summed E-state index contributed by atoms with van der Waals surface area (Å²) in [4.78, 5) is 6.82. The molecule has 0 bridgehead atoms. The van der Waals surface area contributed by atoms with Crippen molar-refractivity contribution >= 4 is 0 Å². The summed E-state index contributed by atoms with van der Waals surface area (Å²) < 4.78 is 5.65. The molecule has 1 aliphatic heterocycles. The van der Waals surface area contributed by atoms with Crippen LogP contribution in [0.4, 0.5) is 0 Å². The second-order valence-corrected chi connectivity index (χ2v) is 5.39. The van der Waals surface area contributed by atoms with Crippen LogP contribution in [0.25, 0.3) is 0 Å². The van der Waals surface area contributed by atoms with Crippen LogP contribution in [0.1, 0.15) is 44.9 Å². The average molecular weight is 237 g/mol. The van der Waals surface area contributed by atoms with E-state index in [9.17, 15) is 0 Å². The summed E-state index contributed by atoms with van der Waals surface area (Å²) in [5.41, 5.74) is 5.76. The first-order chi connectivity index (χ1) is 8.06. The molecule has 1 fully saturated rings. The summed E-state index contributed by atoms with van der Waals surface area (Å²) in [7, 11) is 0. The Morgan fingerprint density at radius 1 is 1.53 bits per heavy atom. The van der Waals surface area contributed by atoms with Gasteiger partial charge in [-0.2, -0.15) is 0 Å². The second kappa shape index (κ2) is 5.19. The topological polar surface area (TPSA) is 55.3 Å². The molecule has 0 saturated carbocycles. The highest BCUT2D eigenvalue weighted by Gasteiger charge is 2.25. The van der Waals surface area contributed by atoms with Gasteiger partial charge in [-0.15, -0.1) is 0 Å². The number of nitrogens with zero attached hydrogens (tertiary/aromatic N) is 2. The number of rotatable bonds is 4. The SMILES string of the molecule is CC(N)c1cnc(CC2CCN(C(C)C)C2)o1. The number of hydrogen-bond acceptors (Lipinski definition) is 4. The number of hydrogen-bond donors (Lipinski definition) is 1. The summed E-state index contributed by atoms with van der Waals surface area (Å²) in [6.07, 6.45) is 3.94. The molecule has 0 aliphatic carbocycles. The number of nitrogens with two attached hydrogens (primary N) is 1. The third-order valence-corrected chi connectivity index (χ3v) is 3.53. The molecule has 0 radical (unpaired) electrons. The first-order valence-corrected chi connectivity index (χ1v) is 6.50. The molecule has 4 heteroatoms. The third kappa shape index (κ3) is 3.07. The van der Waals surface area contributed by atoms with Crippen LogP contribution in [0.15, 0.2) is 10.6 Å². The van der Waals surface area contributed by atoms with Gasteiger partial charge in [-0.25, -0.2) is 4.98 Å². The molecule has 4 nitrogen and oxygen atoms in total. The molecular formula is C13H23N3O. The van der Waals surface area contributed by atoms with Crippen LogP contribution in [-0.2, 0) is 6.42 Å². The minimum Gasteiger partial charge on any atom is -0.444 e. The van der Waals surface area contributed by atoms with E-state index in [1.165, 1.54) is 13.0 Å². The lowest BCUT2D eigenvalue weighted by molar-refractivity contribution is 0.262. The van der Waals surface area contributed by atoms with E-state index in [2.05, 4.69) is 23.7 Å². The molecule has 2 rings (SSSR count). The molecule has 0 spiro atoms. The Morgan fingerprint density at radius 3 is 2.82 bits per heavy atom. The van der Waals surface area contributed by atoms with Crippen molar-refractivity contribution in [3.8, 4) is 0 Å². The van der Waals surface area contributed by atoms with Crippen molar-refractivity contribution in [2.75, 3.05) is 13.1 Å². The van der Waals surface area contributed by atoms with Gasteiger partial charge in [0.1, 0.15) is 5.76 Å². The van der Waals surface area contributed by atoms with Crippen LogP contribution in [0, 0.1) is 5.92 Å². The molecule has 2 heterocycles. The highest BCUT2D eigenvalue weighted by atomic mass is 16.4. The fourth-order valence-corrected chi connectivity index (χ4v) is 2.37. The predicted molar refractivity (Wildman–Crippen MR) is 67.6 cm³/mol. The van der Waals surface area contributed by atoms with E-state index < -0.39 is 0 Å². The first-order valence-electron chi connectivity index (χ1n) is 6.50. The van der Waals surface area contributed by atoms with Gasteiger partial charge in [0.05, 0.1) is 12.2 Å². The van der Waals surface area contributed by atoms with E-state index in [4.69, 9.17) is 10.2 Å². The summed E-state index contributed by atoms with van der Waals surface area (Å²) in [6, 6.07) is 0.580. The largest absolute Gasteiger partial charge is 0.444 e. The highest BCUT2D eigenvalue weighted by Crippen LogP contribution is 2.23. The summed E-state index contributed by atoms with van der Waals surface area (Å²) >= 11 is 0. The normalized spacial score (nSPS) is 23.5. The first kappa shape index (κ1) is 12.6.